The lowest BCUT2D eigenvalue weighted by Gasteiger charge is -2.42. The topological polar surface area (TPSA) is 44.8 Å². The number of hydrogen-bond acceptors (Lipinski definition) is 4. The van der Waals surface area contributed by atoms with Crippen molar-refractivity contribution in [3.63, 3.8) is 0 Å². The second kappa shape index (κ2) is 7.89. The summed E-state index contributed by atoms with van der Waals surface area (Å²) in [5, 5.41) is 0. The van der Waals surface area contributed by atoms with E-state index in [2.05, 4.69) is 0 Å². The van der Waals surface area contributed by atoms with Crippen LogP contribution in [0.2, 0.25) is 0 Å². The maximum Gasteiger partial charge on any atom is 0.169 e. The molecule has 0 aromatic rings. The van der Waals surface area contributed by atoms with Gasteiger partial charge in [-0.05, 0) is 54.9 Å². The van der Waals surface area contributed by atoms with Gasteiger partial charge in [-0.25, -0.2) is 0 Å². The Hall–Kier alpha value is -0.450. The third kappa shape index (κ3) is 5.98. The summed E-state index contributed by atoms with van der Waals surface area (Å²) >= 11 is 0. The van der Waals surface area contributed by atoms with E-state index in [1.54, 1.807) is 7.11 Å². The summed E-state index contributed by atoms with van der Waals surface area (Å²) in [6.45, 7) is 18.1. The van der Waals surface area contributed by atoms with Gasteiger partial charge in [0.05, 0.1) is 29.3 Å². The lowest BCUT2D eigenvalue weighted by Crippen LogP contribution is -2.51. The van der Waals surface area contributed by atoms with Crippen LogP contribution in [0.5, 0.6) is 0 Å². The normalized spacial score (nSPS) is 15.2. The summed E-state index contributed by atoms with van der Waals surface area (Å²) < 4.78 is 17.1. The van der Waals surface area contributed by atoms with E-state index in [-0.39, 0.29) is 17.5 Å². The molecular formula is C18H36O4. The van der Waals surface area contributed by atoms with Crippen LogP contribution in [-0.4, -0.2) is 42.9 Å². The van der Waals surface area contributed by atoms with Gasteiger partial charge >= 0.3 is 0 Å². The molecule has 0 aliphatic heterocycles. The van der Waals surface area contributed by atoms with Crippen molar-refractivity contribution in [2.45, 2.75) is 92.1 Å². The number of hydrogen-bond donors (Lipinski definition) is 0. The third-order valence-corrected chi connectivity index (χ3v) is 4.69. The number of rotatable bonds is 10. The molecule has 132 valence electrons. The Labute approximate surface area is 136 Å². The molecule has 0 aromatic heterocycles. The zero-order chi connectivity index (χ0) is 17.8. The van der Waals surface area contributed by atoms with E-state index in [1.807, 2.05) is 62.3 Å². The van der Waals surface area contributed by atoms with E-state index in [4.69, 9.17) is 14.2 Å². The Bertz CT molecular complexity index is 356. The quantitative estimate of drug-likeness (QED) is 0.611. The summed E-state index contributed by atoms with van der Waals surface area (Å²) in [6.07, 6.45) is 0.365. The standard InChI is InChI=1S/C18H36O4/c1-13(2)22-14(3)15(19)17(6,7)18(8,9)21-12-11-16(4,5)20-10/h13-14H,11-12H2,1-10H3. The monoisotopic (exact) mass is 316 g/mol. The van der Waals surface area contributed by atoms with E-state index in [0.29, 0.717) is 6.61 Å². The van der Waals surface area contributed by atoms with Gasteiger partial charge in [-0.3, -0.25) is 4.79 Å². The molecule has 22 heavy (non-hydrogen) atoms. The Kier molecular flexibility index (Phi) is 7.73. The summed E-state index contributed by atoms with van der Waals surface area (Å²) in [4.78, 5) is 12.7. The SMILES string of the molecule is COC(C)(C)CCOC(C)(C)C(C)(C)C(=O)C(C)OC(C)C. The van der Waals surface area contributed by atoms with Gasteiger partial charge in [-0.15, -0.1) is 0 Å². The minimum absolute atomic E-state index is 0.0290. The molecule has 0 fully saturated rings. The minimum Gasteiger partial charge on any atom is -0.379 e. The van der Waals surface area contributed by atoms with Crippen LogP contribution in [0.4, 0.5) is 0 Å². The molecule has 0 aliphatic rings. The van der Waals surface area contributed by atoms with Gasteiger partial charge in [0.15, 0.2) is 5.78 Å². The molecule has 0 amide bonds. The van der Waals surface area contributed by atoms with Crippen molar-refractivity contribution in [2.75, 3.05) is 13.7 Å². The molecule has 0 saturated heterocycles. The predicted octanol–water partition coefficient (Wildman–Crippen LogP) is 4.01. The third-order valence-electron chi connectivity index (χ3n) is 4.69. The fourth-order valence-electron chi connectivity index (χ4n) is 2.11. The Morgan fingerprint density at radius 1 is 1.00 bits per heavy atom. The van der Waals surface area contributed by atoms with Crippen LogP contribution in [0.3, 0.4) is 0 Å². The smallest absolute Gasteiger partial charge is 0.169 e. The summed E-state index contributed by atoms with van der Waals surface area (Å²) in [5.41, 5.74) is -1.45. The number of ether oxygens (including phenoxy) is 3. The summed E-state index contributed by atoms with van der Waals surface area (Å²) in [6, 6.07) is 0. The first-order chi connectivity index (χ1) is 9.77. The Morgan fingerprint density at radius 3 is 1.91 bits per heavy atom. The van der Waals surface area contributed by atoms with Gasteiger partial charge < -0.3 is 14.2 Å². The van der Waals surface area contributed by atoms with E-state index in [9.17, 15) is 4.79 Å². The van der Waals surface area contributed by atoms with Gasteiger partial charge in [0.1, 0.15) is 6.10 Å². The number of Topliss-reactive ketones (excluding diaryl/α,β-unsaturated/α-hetero) is 1. The lowest BCUT2D eigenvalue weighted by molar-refractivity contribution is -0.163. The molecular weight excluding hydrogens is 280 g/mol. The first-order valence-corrected chi connectivity index (χ1v) is 8.15. The van der Waals surface area contributed by atoms with Crippen LogP contribution in [0.15, 0.2) is 0 Å². The molecule has 1 atom stereocenters. The zero-order valence-electron chi connectivity index (χ0n) is 16.2. The highest BCUT2D eigenvalue weighted by atomic mass is 16.5. The van der Waals surface area contributed by atoms with Gasteiger partial charge in [-0.2, -0.15) is 0 Å². The van der Waals surface area contributed by atoms with Crippen LogP contribution in [0, 0.1) is 5.41 Å². The average Bonchev–Trinajstić information content (AvgIpc) is 2.36. The maximum atomic E-state index is 12.7. The first kappa shape index (κ1) is 21.6. The van der Waals surface area contributed by atoms with Crippen molar-refractivity contribution in [3.05, 3.63) is 0 Å². The van der Waals surface area contributed by atoms with Crippen molar-refractivity contribution in [2.24, 2.45) is 5.41 Å². The molecule has 0 bridgehead atoms. The molecule has 4 nitrogen and oxygen atoms in total. The molecule has 0 saturated carbocycles. The number of methoxy groups -OCH3 is 1. The zero-order valence-corrected chi connectivity index (χ0v) is 16.2. The molecule has 0 aromatic carbocycles. The van der Waals surface area contributed by atoms with Crippen molar-refractivity contribution < 1.29 is 19.0 Å². The second-order valence-electron chi connectivity index (χ2n) is 7.89. The van der Waals surface area contributed by atoms with Crippen molar-refractivity contribution in [1.29, 1.82) is 0 Å². The van der Waals surface area contributed by atoms with Gasteiger partial charge in [-0.1, -0.05) is 13.8 Å². The summed E-state index contributed by atoms with van der Waals surface area (Å²) in [5.74, 6) is 0.0669. The van der Waals surface area contributed by atoms with Gasteiger partial charge in [0.2, 0.25) is 0 Å². The van der Waals surface area contributed by atoms with Crippen LogP contribution in [0.25, 0.3) is 0 Å². The van der Waals surface area contributed by atoms with E-state index >= 15 is 0 Å². The van der Waals surface area contributed by atoms with Crippen molar-refractivity contribution in [3.8, 4) is 0 Å². The number of carbonyl (C=O) groups is 1. The molecule has 0 heterocycles. The van der Waals surface area contributed by atoms with E-state index in [1.165, 1.54) is 0 Å². The molecule has 0 N–H and O–H groups in total. The van der Waals surface area contributed by atoms with Crippen LogP contribution in [-0.2, 0) is 19.0 Å². The molecule has 0 spiro atoms. The van der Waals surface area contributed by atoms with Crippen LogP contribution >= 0.6 is 0 Å². The highest BCUT2D eigenvalue weighted by Crippen LogP contribution is 2.36. The van der Waals surface area contributed by atoms with Crippen molar-refractivity contribution in [1.82, 2.24) is 0 Å². The summed E-state index contributed by atoms with van der Waals surface area (Å²) in [7, 11) is 1.70. The van der Waals surface area contributed by atoms with E-state index < -0.39 is 17.1 Å². The fourth-order valence-corrected chi connectivity index (χ4v) is 2.11. The Morgan fingerprint density at radius 2 is 1.50 bits per heavy atom. The molecule has 0 rings (SSSR count). The second-order valence-corrected chi connectivity index (χ2v) is 7.89. The molecule has 0 radical (unpaired) electrons. The van der Waals surface area contributed by atoms with Gasteiger partial charge in [0.25, 0.3) is 0 Å². The molecule has 0 aliphatic carbocycles. The highest BCUT2D eigenvalue weighted by Gasteiger charge is 2.46. The minimum atomic E-state index is -0.640. The van der Waals surface area contributed by atoms with Gasteiger partial charge in [0, 0.05) is 7.11 Å². The number of ketones is 1. The molecule has 4 heteroatoms. The highest BCUT2D eigenvalue weighted by molar-refractivity contribution is 5.89. The fraction of sp³-hybridized carbons (Fsp3) is 0.944. The number of carbonyl (C=O) groups excluding carboxylic acids is 1. The average molecular weight is 316 g/mol. The molecule has 1 unspecified atom stereocenters. The van der Waals surface area contributed by atoms with Crippen LogP contribution < -0.4 is 0 Å². The van der Waals surface area contributed by atoms with Crippen LogP contribution in [0.1, 0.15) is 68.7 Å². The first-order valence-electron chi connectivity index (χ1n) is 8.15. The van der Waals surface area contributed by atoms with E-state index in [0.717, 1.165) is 6.42 Å². The maximum absolute atomic E-state index is 12.7. The largest absolute Gasteiger partial charge is 0.379 e. The van der Waals surface area contributed by atoms with Crippen molar-refractivity contribution >= 4 is 5.78 Å². The lowest BCUT2D eigenvalue weighted by atomic mass is 9.72. The Balaban J connectivity index is 4.82. The predicted molar refractivity (Wildman–Crippen MR) is 90.2 cm³/mol.